The Morgan fingerprint density at radius 3 is 2.00 bits per heavy atom. The molecule has 0 aromatic rings. The summed E-state index contributed by atoms with van der Waals surface area (Å²) in [5.41, 5.74) is 0. The average molecular weight is 82.1 g/mol. The maximum Gasteiger partial charge on any atom is 0.0934 e. The van der Waals surface area contributed by atoms with Crippen molar-refractivity contribution in [2.75, 3.05) is 0 Å². The van der Waals surface area contributed by atoms with Crippen LogP contribution in [-0.4, -0.2) is 0 Å². The minimum atomic E-state index is 1.11. The third-order valence-electron chi connectivity index (χ3n) is 0.767. The monoisotopic (exact) mass is 82.1 g/mol. The minimum Gasteiger partial charge on any atom is -0.294 e. The normalized spacial score (nSPS) is 18.7. The van der Waals surface area contributed by atoms with Gasteiger partial charge in [-0.15, -0.1) is 0 Å². The van der Waals surface area contributed by atoms with Crippen LogP contribution in [0.3, 0.4) is 0 Å². The summed E-state index contributed by atoms with van der Waals surface area (Å²) in [6.45, 7) is 0. The average Bonchev–Trinajstić information content (AvgIpc) is 1.72. The van der Waals surface area contributed by atoms with Crippen LogP contribution >= 0.6 is 0 Å². The third-order valence-corrected chi connectivity index (χ3v) is 0.767. The molecule has 0 bridgehead atoms. The highest BCUT2D eigenvalue weighted by atomic mass is 14.8. The fraction of sp³-hybridized carbons (Fsp3) is 0.200. The highest BCUT2D eigenvalue weighted by Gasteiger charge is 1.78. The highest BCUT2D eigenvalue weighted by Crippen LogP contribution is 1.81. The lowest BCUT2D eigenvalue weighted by molar-refractivity contribution is -0.515. The van der Waals surface area contributed by atoms with E-state index in [-0.39, 0.29) is 0 Å². The summed E-state index contributed by atoms with van der Waals surface area (Å²) in [4.78, 5) is 0. The number of allylic oxidation sites excluding steroid dienone is 2. The third kappa shape index (κ3) is 0.692. The van der Waals surface area contributed by atoms with E-state index in [0.29, 0.717) is 0 Å². The molecular weight excluding hydrogens is 74.1 g/mol. The quantitative estimate of drug-likeness (QED) is 0.423. The number of rotatable bonds is 0. The molecule has 1 heterocycles. The predicted molar refractivity (Wildman–Crippen MR) is 24.8 cm³/mol. The molecule has 1 rings (SSSR count). The standard InChI is InChI=1S/C5H7N/c1-2-4-6-5-3-1/h2-6H,1H2/p+1. The Balaban J connectivity index is 2.40. The van der Waals surface area contributed by atoms with Gasteiger partial charge in [0.05, 0.1) is 12.4 Å². The van der Waals surface area contributed by atoms with Crippen molar-refractivity contribution in [1.82, 2.24) is 0 Å². The van der Waals surface area contributed by atoms with E-state index in [1.807, 2.05) is 5.32 Å². The molecule has 0 aliphatic carbocycles. The predicted octanol–water partition coefficient (Wildman–Crippen LogP) is -0.0191. The molecule has 0 aromatic heterocycles. The molecule has 0 radical (unpaired) electrons. The van der Waals surface area contributed by atoms with Crippen LogP contribution in [0.2, 0.25) is 0 Å². The number of hydrogen-bond acceptors (Lipinski definition) is 0. The van der Waals surface area contributed by atoms with Crippen LogP contribution in [0.25, 0.3) is 0 Å². The fourth-order valence-corrected chi connectivity index (χ4v) is 0.457. The summed E-state index contributed by atoms with van der Waals surface area (Å²) >= 11 is 0. The lowest BCUT2D eigenvalue weighted by Gasteiger charge is -1.85. The zero-order chi connectivity index (χ0) is 4.24. The van der Waals surface area contributed by atoms with Gasteiger partial charge in [-0.2, -0.15) is 0 Å². The number of quaternary nitrogens is 1. The minimum absolute atomic E-state index is 1.11. The molecule has 0 saturated carbocycles. The Labute approximate surface area is 37.4 Å². The molecule has 1 nitrogen and oxygen atoms in total. The molecule has 6 heavy (non-hydrogen) atoms. The molecule has 1 heteroatoms. The molecule has 0 spiro atoms. The summed E-state index contributed by atoms with van der Waals surface area (Å²) < 4.78 is 0. The Bertz CT molecular complexity index is 61.9. The van der Waals surface area contributed by atoms with Gasteiger partial charge in [0.1, 0.15) is 0 Å². The number of nitrogens with two attached hydrogens (primary N) is 1. The lowest BCUT2D eigenvalue weighted by atomic mass is 10.4. The van der Waals surface area contributed by atoms with Gasteiger partial charge in [0.2, 0.25) is 0 Å². The van der Waals surface area contributed by atoms with Gasteiger partial charge in [-0.3, -0.25) is 5.32 Å². The zero-order valence-electron chi connectivity index (χ0n) is 3.59. The molecular formula is C5H8N+. The van der Waals surface area contributed by atoms with Gasteiger partial charge in [-0.1, -0.05) is 0 Å². The SMILES string of the molecule is C1=C[NH2+]C=CC1. The first-order chi connectivity index (χ1) is 3.00. The van der Waals surface area contributed by atoms with Crippen LogP contribution in [-0.2, 0) is 0 Å². The molecule has 1 aliphatic heterocycles. The van der Waals surface area contributed by atoms with Crippen LogP contribution in [0, 0.1) is 0 Å². The number of hydrogen-bond donors (Lipinski definition) is 1. The summed E-state index contributed by atoms with van der Waals surface area (Å²) in [6.07, 6.45) is 9.47. The molecule has 1 aliphatic rings. The molecule has 0 fully saturated rings. The van der Waals surface area contributed by atoms with E-state index in [2.05, 4.69) is 24.6 Å². The maximum absolute atomic E-state index is 2.12. The fourth-order valence-electron chi connectivity index (χ4n) is 0.457. The largest absolute Gasteiger partial charge is 0.294 e. The van der Waals surface area contributed by atoms with Crippen LogP contribution in [0.1, 0.15) is 6.42 Å². The molecule has 0 unspecified atom stereocenters. The molecule has 0 atom stereocenters. The second-order valence-corrected chi connectivity index (χ2v) is 1.28. The van der Waals surface area contributed by atoms with E-state index in [1.54, 1.807) is 0 Å². The highest BCUT2D eigenvalue weighted by molar-refractivity contribution is 4.88. The van der Waals surface area contributed by atoms with E-state index in [4.69, 9.17) is 0 Å². The van der Waals surface area contributed by atoms with Crippen LogP contribution in [0.4, 0.5) is 0 Å². The van der Waals surface area contributed by atoms with Gasteiger partial charge >= 0.3 is 0 Å². The first-order valence-electron chi connectivity index (χ1n) is 2.15. The van der Waals surface area contributed by atoms with Gasteiger partial charge < -0.3 is 0 Å². The second-order valence-electron chi connectivity index (χ2n) is 1.28. The zero-order valence-corrected chi connectivity index (χ0v) is 3.59. The Hall–Kier alpha value is -0.560. The van der Waals surface area contributed by atoms with Crippen molar-refractivity contribution >= 4 is 0 Å². The summed E-state index contributed by atoms with van der Waals surface area (Å²) in [5.74, 6) is 0. The first-order valence-corrected chi connectivity index (χ1v) is 2.15. The molecule has 2 N–H and O–H groups in total. The Kier molecular flexibility index (Phi) is 1.07. The van der Waals surface area contributed by atoms with Crippen molar-refractivity contribution < 1.29 is 5.32 Å². The van der Waals surface area contributed by atoms with Gasteiger partial charge in [-0.25, -0.2) is 0 Å². The van der Waals surface area contributed by atoms with Gasteiger partial charge in [0.25, 0.3) is 0 Å². The van der Waals surface area contributed by atoms with Crippen molar-refractivity contribution in [2.24, 2.45) is 0 Å². The Morgan fingerprint density at radius 1 is 1.17 bits per heavy atom. The van der Waals surface area contributed by atoms with Crippen molar-refractivity contribution in [3.8, 4) is 0 Å². The Morgan fingerprint density at radius 2 is 1.83 bits per heavy atom. The van der Waals surface area contributed by atoms with E-state index >= 15 is 0 Å². The van der Waals surface area contributed by atoms with Crippen molar-refractivity contribution in [3.63, 3.8) is 0 Å². The van der Waals surface area contributed by atoms with E-state index in [1.165, 1.54) is 0 Å². The summed E-state index contributed by atoms with van der Waals surface area (Å²) in [7, 11) is 0. The van der Waals surface area contributed by atoms with E-state index in [0.717, 1.165) is 6.42 Å². The second kappa shape index (κ2) is 1.78. The first kappa shape index (κ1) is 3.62. The maximum atomic E-state index is 2.12. The van der Waals surface area contributed by atoms with Gasteiger partial charge in [-0.05, 0) is 18.6 Å². The molecule has 0 saturated heterocycles. The van der Waals surface area contributed by atoms with Crippen molar-refractivity contribution in [2.45, 2.75) is 6.42 Å². The molecule has 0 amide bonds. The van der Waals surface area contributed by atoms with Crippen LogP contribution in [0.5, 0.6) is 0 Å². The van der Waals surface area contributed by atoms with Crippen LogP contribution in [0.15, 0.2) is 24.6 Å². The van der Waals surface area contributed by atoms with Crippen molar-refractivity contribution in [3.05, 3.63) is 24.6 Å². The molecule has 32 valence electrons. The summed E-state index contributed by atoms with van der Waals surface area (Å²) in [5, 5.41) is 2.03. The summed E-state index contributed by atoms with van der Waals surface area (Å²) in [6, 6.07) is 0. The van der Waals surface area contributed by atoms with Gasteiger partial charge in [0.15, 0.2) is 0 Å². The molecule has 0 aromatic carbocycles. The smallest absolute Gasteiger partial charge is 0.0934 e. The van der Waals surface area contributed by atoms with Crippen LogP contribution < -0.4 is 5.32 Å². The van der Waals surface area contributed by atoms with Gasteiger partial charge in [0, 0.05) is 0 Å². The van der Waals surface area contributed by atoms with Crippen molar-refractivity contribution in [1.29, 1.82) is 0 Å². The lowest BCUT2D eigenvalue weighted by Crippen LogP contribution is -2.71. The topological polar surface area (TPSA) is 16.6 Å². The van der Waals surface area contributed by atoms with E-state index < -0.39 is 0 Å². The van der Waals surface area contributed by atoms with E-state index in [9.17, 15) is 0 Å².